The van der Waals surface area contributed by atoms with Crippen LogP contribution in [0.3, 0.4) is 0 Å². The number of thiophene rings is 1. The maximum atomic E-state index is 12.6. The molecule has 1 unspecified atom stereocenters. The second kappa shape index (κ2) is 8.84. The van der Waals surface area contributed by atoms with Gasteiger partial charge in [-0.05, 0) is 50.9 Å². The molecule has 0 spiro atoms. The molecule has 0 saturated carbocycles. The molecule has 1 amide bonds. The van der Waals surface area contributed by atoms with E-state index in [-0.39, 0.29) is 11.9 Å². The minimum atomic E-state index is 0.0235. The molecule has 0 bridgehead atoms. The molecule has 1 fully saturated rings. The Labute approximate surface area is 164 Å². The van der Waals surface area contributed by atoms with E-state index in [0.29, 0.717) is 22.9 Å². The number of hydrogen-bond donors (Lipinski definition) is 1. The summed E-state index contributed by atoms with van der Waals surface area (Å²) in [5.41, 5.74) is 0.560. The van der Waals surface area contributed by atoms with Crippen LogP contribution in [0.1, 0.15) is 40.5 Å². The summed E-state index contributed by atoms with van der Waals surface area (Å²) in [4.78, 5) is 22.3. The molecule has 2 aromatic heterocycles. The highest BCUT2D eigenvalue weighted by Crippen LogP contribution is 2.26. The monoisotopic (exact) mass is 392 g/mol. The van der Waals surface area contributed by atoms with Gasteiger partial charge in [0, 0.05) is 30.7 Å². The van der Waals surface area contributed by atoms with Gasteiger partial charge in [0.05, 0.1) is 16.6 Å². The molecule has 1 N–H and O–H groups in total. The van der Waals surface area contributed by atoms with Crippen LogP contribution in [0.5, 0.6) is 0 Å². The number of amides is 1. The SMILES string of the molecule is CN(C)C(CNc1ncc(C(=O)N2CCCCC2)cc1Cl)c1cccs1. The molecule has 3 heterocycles. The van der Waals surface area contributed by atoms with Gasteiger partial charge in [0.25, 0.3) is 5.91 Å². The van der Waals surface area contributed by atoms with Gasteiger partial charge in [-0.1, -0.05) is 17.7 Å². The summed E-state index contributed by atoms with van der Waals surface area (Å²) in [6, 6.07) is 6.15. The highest BCUT2D eigenvalue weighted by atomic mass is 35.5. The number of rotatable bonds is 6. The Morgan fingerprint density at radius 1 is 1.38 bits per heavy atom. The lowest BCUT2D eigenvalue weighted by Gasteiger charge is -2.27. The molecule has 2 aromatic rings. The molecular weight excluding hydrogens is 368 g/mol. The van der Waals surface area contributed by atoms with Crippen molar-refractivity contribution in [2.45, 2.75) is 25.3 Å². The van der Waals surface area contributed by atoms with Crippen molar-refractivity contribution in [3.63, 3.8) is 0 Å². The van der Waals surface area contributed by atoms with Crippen LogP contribution in [0, 0.1) is 0 Å². The summed E-state index contributed by atoms with van der Waals surface area (Å²) in [6.07, 6.45) is 4.96. The lowest BCUT2D eigenvalue weighted by Crippen LogP contribution is -2.35. The molecule has 0 aromatic carbocycles. The first kappa shape index (κ1) is 19.1. The van der Waals surface area contributed by atoms with Crippen LogP contribution in [-0.2, 0) is 0 Å². The van der Waals surface area contributed by atoms with Crippen molar-refractivity contribution in [3.05, 3.63) is 45.2 Å². The fraction of sp³-hybridized carbons (Fsp3) is 0.474. The number of nitrogens with zero attached hydrogens (tertiary/aromatic N) is 3. The number of halogens is 1. The van der Waals surface area contributed by atoms with E-state index in [1.54, 1.807) is 23.6 Å². The lowest BCUT2D eigenvalue weighted by atomic mass is 10.1. The number of aromatic nitrogens is 1. The predicted octanol–water partition coefficient (Wildman–Crippen LogP) is 4.14. The molecule has 0 aliphatic carbocycles. The molecule has 140 valence electrons. The van der Waals surface area contributed by atoms with Gasteiger partial charge in [0.2, 0.25) is 0 Å². The second-order valence-corrected chi connectivity index (χ2v) is 8.17. The maximum absolute atomic E-state index is 12.6. The molecule has 1 atom stereocenters. The fourth-order valence-corrected chi connectivity index (χ4v) is 4.33. The average Bonchev–Trinajstić information content (AvgIpc) is 3.17. The van der Waals surface area contributed by atoms with Crippen LogP contribution in [-0.4, -0.2) is 54.4 Å². The third-order valence-electron chi connectivity index (χ3n) is 4.69. The molecule has 26 heavy (non-hydrogen) atoms. The summed E-state index contributed by atoms with van der Waals surface area (Å²) in [6.45, 7) is 2.34. The van der Waals surface area contributed by atoms with E-state index in [9.17, 15) is 4.79 Å². The first-order valence-corrected chi connectivity index (χ1v) is 10.2. The van der Waals surface area contributed by atoms with Crippen molar-refractivity contribution in [2.24, 2.45) is 0 Å². The zero-order chi connectivity index (χ0) is 18.5. The number of pyridine rings is 1. The number of nitrogens with one attached hydrogen (secondary N) is 1. The first-order chi connectivity index (χ1) is 12.6. The van der Waals surface area contributed by atoms with Crippen LogP contribution in [0.4, 0.5) is 5.82 Å². The number of hydrogen-bond acceptors (Lipinski definition) is 5. The Hall–Kier alpha value is -1.63. The summed E-state index contributed by atoms with van der Waals surface area (Å²) in [7, 11) is 4.11. The average molecular weight is 393 g/mol. The maximum Gasteiger partial charge on any atom is 0.255 e. The Morgan fingerprint density at radius 3 is 2.77 bits per heavy atom. The minimum Gasteiger partial charge on any atom is -0.367 e. The van der Waals surface area contributed by atoms with E-state index < -0.39 is 0 Å². The zero-order valence-electron chi connectivity index (χ0n) is 15.2. The Bertz CT molecular complexity index is 729. The molecule has 3 rings (SSSR count). The fourth-order valence-electron chi connectivity index (χ4n) is 3.18. The number of carbonyl (C=O) groups is 1. The van der Waals surface area contributed by atoms with Crippen molar-refractivity contribution in [2.75, 3.05) is 39.0 Å². The molecule has 0 radical (unpaired) electrons. The highest BCUT2D eigenvalue weighted by Gasteiger charge is 2.20. The van der Waals surface area contributed by atoms with Crippen LogP contribution in [0.25, 0.3) is 0 Å². The standard InChI is InChI=1S/C19H25ClN4OS/c1-23(2)16(17-7-6-10-26-17)13-22-18-15(20)11-14(12-21-18)19(25)24-8-4-3-5-9-24/h6-7,10-12,16H,3-5,8-9,13H2,1-2H3,(H,21,22). The van der Waals surface area contributed by atoms with Gasteiger partial charge in [-0.2, -0.15) is 0 Å². The molecule has 1 aliphatic heterocycles. The lowest BCUT2D eigenvalue weighted by molar-refractivity contribution is 0.0724. The van der Waals surface area contributed by atoms with Gasteiger partial charge in [0.1, 0.15) is 5.82 Å². The van der Waals surface area contributed by atoms with E-state index in [1.165, 1.54) is 11.3 Å². The van der Waals surface area contributed by atoms with Crippen LogP contribution >= 0.6 is 22.9 Å². The van der Waals surface area contributed by atoms with E-state index in [2.05, 4.69) is 46.8 Å². The van der Waals surface area contributed by atoms with Crippen molar-refractivity contribution >= 4 is 34.7 Å². The summed E-state index contributed by atoms with van der Waals surface area (Å²) in [5, 5.41) is 5.89. The first-order valence-electron chi connectivity index (χ1n) is 8.95. The molecular formula is C19H25ClN4OS. The number of anilines is 1. The smallest absolute Gasteiger partial charge is 0.255 e. The Morgan fingerprint density at radius 2 is 2.15 bits per heavy atom. The van der Waals surface area contributed by atoms with E-state index in [0.717, 1.165) is 25.9 Å². The van der Waals surface area contributed by atoms with Crippen LogP contribution in [0.15, 0.2) is 29.8 Å². The van der Waals surface area contributed by atoms with Crippen LogP contribution < -0.4 is 5.32 Å². The van der Waals surface area contributed by atoms with Gasteiger partial charge in [-0.25, -0.2) is 4.98 Å². The van der Waals surface area contributed by atoms with E-state index >= 15 is 0 Å². The molecule has 5 nitrogen and oxygen atoms in total. The Balaban J connectivity index is 1.66. The van der Waals surface area contributed by atoms with E-state index in [4.69, 9.17) is 11.6 Å². The van der Waals surface area contributed by atoms with Gasteiger partial charge in [-0.15, -0.1) is 11.3 Å². The third kappa shape index (κ3) is 4.55. The quantitative estimate of drug-likeness (QED) is 0.802. The number of likely N-dealkylation sites (N-methyl/N-ethyl adjacent to an activating group) is 1. The summed E-state index contributed by atoms with van der Waals surface area (Å²) in [5.74, 6) is 0.640. The largest absolute Gasteiger partial charge is 0.367 e. The Kier molecular flexibility index (Phi) is 6.51. The third-order valence-corrected chi connectivity index (χ3v) is 5.95. The predicted molar refractivity (Wildman–Crippen MR) is 108 cm³/mol. The van der Waals surface area contributed by atoms with E-state index in [1.807, 2.05) is 4.90 Å². The van der Waals surface area contributed by atoms with Gasteiger partial charge >= 0.3 is 0 Å². The minimum absolute atomic E-state index is 0.0235. The normalized spacial score (nSPS) is 15.9. The number of piperidine rings is 1. The van der Waals surface area contributed by atoms with Gasteiger partial charge < -0.3 is 15.1 Å². The topological polar surface area (TPSA) is 48.5 Å². The molecule has 1 aliphatic rings. The zero-order valence-corrected chi connectivity index (χ0v) is 16.8. The van der Waals surface area contributed by atoms with Crippen LogP contribution in [0.2, 0.25) is 5.02 Å². The second-order valence-electron chi connectivity index (χ2n) is 6.78. The highest BCUT2D eigenvalue weighted by molar-refractivity contribution is 7.10. The summed E-state index contributed by atoms with van der Waals surface area (Å²) < 4.78 is 0. The van der Waals surface area contributed by atoms with Crippen molar-refractivity contribution < 1.29 is 4.79 Å². The van der Waals surface area contributed by atoms with Crippen molar-refractivity contribution in [1.29, 1.82) is 0 Å². The number of likely N-dealkylation sites (tertiary alicyclic amines) is 1. The summed E-state index contributed by atoms with van der Waals surface area (Å²) >= 11 is 8.13. The molecule has 1 saturated heterocycles. The van der Waals surface area contributed by atoms with Gasteiger partial charge in [-0.3, -0.25) is 4.79 Å². The number of carbonyl (C=O) groups excluding carboxylic acids is 1. The van der Waals surface area contributed by atoms with Gasteiger partial charge in [0.15, 0.2) is 0 Å². The molecule has 7 heteroatoms. The van der Waals surface area contributed by atoms with Crippen molar-refractivity contribution in [3.8, 4) is 0 Å². The van der Waals surface area contributed by atoms with Crippen molar-refractivity contribution in [1.82, 2.24) is 14.8 Å².